The maximum Gasteiger partial charge on any atom is 0.357 e. The van der Waals surface area contributed by atoms with Gasteiger partial charge in [0.05, 0.1) is 0 Å². The first kappa shape index (κ1) is 10.9. The summed E-state index contributed by atoms with van der Waals surface area (Å²) in [5, 5.41) is 9.44. The van der Waals surface area contributed by atoms with E-state index in [4.69, 9.17) is 5.11 Å². The Balaban J connectivity index is 2.71. The summed E-state index contributed by atoms with van der Waals surface area (Å²) in [7, 11) is 0. The number of thioether (sulfide) groups is 1. The fraction of sp³-hybridized carbons (Fsp3) is 0.200. The third-order valence-electron chi connectivity index (χ3n) is 2.02. The number of halogens is 1. The maximum absolute atomic E-state index is 13.1. The van der Waals surface area contributed by atoms with E-state index in [-0.39, 0.29) is 5.69 Å². The first-order chi connectivity index (χ1) is 7.63. The fourth-order valence-corrected chi connectivity index (χ4v) is 2.24. The molecule has 0 aliphatic heterocycles. The standard InChI is InChI=1S/C10H9FN2O2S/c1-2-16-9-8(10(14)15)12-7-4-3-6(11)5-13(7)9/h3-5H,2H2,1H3,(H,14,15). The van der Waals surface area contributed by atoms with Crippen molar-refractivity contribution < 1.29 is 14.3 Å². The van der Waals surface area contributed by atoms with Gasteiger partial charge < -0.3 is 5.11 Å². The third kappa shape index (κ3) is 1.76. The molecule has 2 aromatic rings. The van der Waals surface area contributed by atoms with Gasteiger partial charge in [-0.25, -0.2) is 14.2 Å². The number of hydrogen-bond donors (Lipinski definition) is 1. The monoisotopic (exact) mass is 240 g/mol. The molecule has 2 rings (SSSR count). The summed E-state index contributed by atoms with van der Waals surface area (Å²) in [5.41, 5.74) is 0.409. The van der Waals surface area contributed by atoms with Gasteiger partial charge in [-0.1, -0.05) is 6.92 Å². The molecule has 0 amide bonds. The number of hydrogen-bond acceptors (Lipinski definition) is 3. The number of imidazole rings is 1. The highest BCUT2D eigenvalue weighted by Crippen LogP contribution is 2.24. The Kier molecular flexibility index (Phi) is 2.82. The first-order valence-electron chi connectivity index (χ1n) is 4.67. The molecular formula is C10H9FN2O2S. The Labute approximate surface area is 95.1 Å². The summed E-state index contributed by atoms with van der Waals surface area (Å²) in [6.07, 6.45) is 1.24. The van der Waals surface area contributed by atoms with Gasteiger partial charge in [0.1, 0.15) is 16.5 Å². The summed E-state index contributed by atoms with van der Waals surface area (Å²) >= 11 is 1.33. The molecule has 0 aliphatic rings. The maximum atomic E-state index is 13.1. The summed E-state index contributed by atoms with van der Waals surface area (Å²) in [5.74, 6) is -0.815. The van der Waals surface area contributed by atoms with Crippen molar-refractivity contribution in [1.29, 1.82) is 0 Å². The van der Waals surface area contributed by atoms with Crippen molar-refractivity contribution in [3.05, 3.63) is 29.8 Å². The molecule has 0 unspecified atom stereocenters. The van der Waals surface area contributed by atoms with Crippen LogP contribution in [0.2, 0.25) is 0 Å². The van der Waals surface area contributed by atoms with Crippen LogP contribution in [0, 0.1) is 5.82 Å². The Morgan fingerprint density at radius 3 is 3.00 bits per heavy atom. The molecule has 0 spiro atoms. The van der Waals surface area contributed by atoms with E-state index in [0.29, 0.717) is 16.4 Å². The number of carboxylic acids is 1. The Hall–Kier alpha value is -1.56. The molecule has 0 saturated heterocycles. The molecule has 0 atom stereocenters. The number of pyridine rings is 1. The van der Waals surface area contributed by atoms with Gasteiger partial charge in [-0.2, -0.15) is 0 Å². The summed E-state index contributed by atoms with van der Waals surface area (Å²) in [6, 6.07) is 2.72. The van der Waals surface area contributed by atoms with E-state index in [1.165, 1.54) is 34.5 Å². The van der Waals surface area contributed by atoms with E-state index in [0.717, 1.165) is 0 Å². The predicted octanol–water partition coefficient (Wildman–Crippen LogP) is 2.28. The quantitative estimate of drug-likeness (QED) is 0.836. The molecule has 1 N–H and O–H groups in total. The highest BCUT2D eigenvalue weighted by molar-refractivity contribution is 7.99. The zero-order valence-corrected chi connectivity index (χ0v) is 9.29. The van der Waals surface area contributed by atoms with E-state index >= 15 is 0 Å². The molecule has 0 bridgehead atoms. The Morgan fingerprint density at radius 1 is 1.62 bits per heavy atom. The lowest BCUT2D eigenvalue weighted by Crippen LogP contribution is -1.99. The number of fused-ring (bicyclic) bond motifs is 1. The van der Waals surface area contributed by atoms with E-state index in [1.807, 2.05) is 6.92 Å². The number of aromatic nitrogens is 2. The van der Waals surface area contributed by atoms with E-state index in [9.17, 15) is 9.18 Å². The molecule has 0 fully saturated rings. The number of rotatable bonds is 3. The summed E-state index contributed by atoms with van der Waals surface area (Å²) in [4.78, 5) is 14.9. The number of aromatic carboxylic acids is 1. The lowest BCUT2D eigenvalue weighted by Gasteiger charge is -2.00. The molecular weight excluding hydrogens is 231 g/mol. The second kappa shape index (κ2) is 4.13. The topological polar surface area (TPSA) is 54.6 Å². The largest absolute Gasteiger partial charge is 0.476 e. The van der Waals surface area contributed by atoms with Crippen molar-refractivity contribution in [2.75, 3.05) is 5.75 Å². The van der Waals surface area contributed by atoms with Crippen LogP contribution in [-0.2, 0) is 0 Å². The average Bonchev–Trinajstić information content (AvgIpc) is 2.58. The fourth-order valence-electron chi connectivity index (χ4n) is 1.41. The first-order valence-corrected chi connectivity index (χ1v) is 5.65. The van der Waals surface area contributed by atoms with Crippen LogP contribution in [-0.4, -0.2) is 26.2 Å². The third-order valence-corrected chi connectivity index (χ3v) is 2.97. The smallest absolute Gasteiger partial charge is 0.357 e. The van der Waals surface area contributed by atoms with Crippen molar-refractivity contribution in [2.45, 2.75) is 11.9 Å². The van der Waals surface area contributed by atoms with Gasteiger partial charge in [-0.3, -0.25) is 4.40 Å². The van der Waals surface area contributed by atoms with Crippen LogP contribution in [0.1, 0.15) is 17.4 Å². The lowest BCUT2D eigenvalue weighted by molar-refractivity contribution is 0.0687. The van der Waals surface area contributed by atoms with Gasteiger partial charge in [0.25, 0.3) is 0 Å². The molecule has 0 saturated carbocycles. The van der Waals surface area contributed by atoms with Gasteiger partial charge >= 0.3 is 5.97 Å². The minimum Gasteiger partial charge on any atom is -0.476 e. The van der Waals surface area contributed by atoms with Crippen molar-refractivity contribution >= 4 is 23.4 Å². The zero-order chi connectivity index (χ0) is 11.7. The van der Waals surface area contributed by atoms with E-state index in [2.05, 4.69) is 4.98 Å². The Bertz CT molecular complexity index is 553. The van der Waals surface area contributed by atoms with Crippen LogP contribution in [0.25, 0.3) is 5.65 Å². The van der Waals surface area contributed by atoms with Crippen molar-refractivity contribution in [3.63, 3.8) is 0 Å². The molecule has 0 aliphatic carbocycles. The molecule has 4 nitrogen and oxygen atoms in total. The van der Waals surface area contributed by atoms with Crippen LogP contribution in [0.5, 0.6) is 0 Å². The van der Waals surface area contributed by atoms with Crippen LogP contribution in [0.4, 0.5) is 4.39 Å². The van der Waals surface area contributed by atoms with Crippen LogP contribution < -0.4 is 0 Å². The second-order valence-corrected chi connectivity index (χ2v) is 4.33. The van der Waals surface area contributed by atoms with Crippen LogP contribution >= 0.6 is 11.8 Å². The van der Waals surface area contributed by atoms with Crippen molar-refractivity contribution in [3.8, 4) is 0 Å². The average molecular weight is 240 g/mol. The second-order valence-electron chi connectivity index (χ2n) is 3.08. The minimum atomic E-state index is -1.10. The number of carbonyl (C=O) groups is 1. The van der Waals surface area contributed by atoms with Crippen LogP contribution in [0.3, 0.4) is 0 Å². The van der Waals surface area contributed by atoms with Gasteiger partial charge in [0.15, 0.2) is 5.69 Å². The van der Waals surface area contributed by atoms with Crippen molar-refractivity contribution in [2.24, 2.45) is 0 Å². The van der Waals surface area contributed by atoms with E-state index < -0.39 is 11.8 Å². The van der Waals surface area contributed by atoms with Gasteiger partial charge in [-0.05, 0) is 17.9 Å². The molecule has 2 heterocycles. The molecule has 6 heteroatoms. The minimum absolute atomic E-state index is 0.0301. The highest BCUT2D eigenvalue weighted by Gasteiger charge is 2.18. The van der Waals surface area contributed by atoms with Crippen LogP contribution in [0.15, 0.2) is 23.4 Å². The molecule has 2 aromatic heterocycles. The van der Waals surface area contributed by atoms with Gasteiger partial charge in [-0.15, -0.1) is 11.8 Å². The normalized spacial score (nSPS) is 10.9. The molecule has 16 heavy (non-hydrogen) atoms. The summed E-state index contributed by atoms with van der Waals surface area (Å²) in [6.45, 7) is 1.90. The molecule has 0 aromatic carbocycles. The van der Waals surface area contributed by atoms with Crippen molar-refractivity contribution in [1.82, 2.24) is 9.38 Å². The summed E-state index contributed by atoms with van der Waals surface area (Å²) < 4.78 is 14.5. The SMILES string of the molecule is CCSc1c(C(=O)O)nc2ccc(F)cn12. The zero-order valence-electron chi connectivity index (χ0n) is 8.48. The van der Waals surface area contributed by atoms with Gasteiger partial charge in [0, 0.05) is 6.20 Å². The van der Waals surface area contributed by atoms with E-state index in [1.54, 1.807) is 0 Å². The molecule has 84 valence electrons. The Morgan fingerprint density at radius 2 is 2.38 bits per heavy atom. The number of carboxylic acid groups (broad SMARTS) is 1. The lowest BCUT2D eigenvalue weighted by atomic mass is 10.5. The number of nitrogens with zero attached hydrogens (tertiary/aromatic N) is 2. The predicted molar refractivity (Wildman–Crippen MR) is 58.5 cm³/mol. The highest BCUT2D eigenvalue weighted by atomic mass is 32.2. The van der Waals surface area contributed by atoms with Gasteiger partial charge in [0.2, 0.25) is 0 Å². The molecule has 0 radical (unpaired) electrons.